The van der Waals surface area contributed by atoms with Gasteiger partial charge in [0, 0.05) is 4.47 Å². The number of hydrogen-bond acceptors (Lipinski definition) is 2. The molecule has 0 fully saturated rings. The first-order valence-corrected chi connectivity index (χ1v) is 6.80. The largest absolute Gasteiger partial charge is 0.494 e. The molecular formula is C14H19BrO3. The van der Waals surface area contributed by atoms with Crippen molar-refractivity contribution in [2.24, 2.45) is 5.41 Å². The molecule has 1 N–H and O–H groups in total. The molecule has 1 rings (SSSR count). The number of benzene rings is 1. The van der Waals surface area contributed by atoms with Gasteiger partial charge in [-0.1, -0.05) is 22.0 Å². The molecule has 0 bridgehead atoms. The van der Waals surface area contributed by atoms with Gasteiger partial charge in [-0.2, -0.15) is 0 Å². The molecule has 0 saturated heterocycles. The summed E-state index contributed by atoms with van der Waals surface area (Å²) in [6.45, 7) is 6.07. The highest BCUT2D eigenvalue weighted by atomic mass is 79.9. The smallest absolute Gasteiger partial charge is 0.309 e. The summed E-state index contributed by atoms with van der Waals surface area (Å²) in [7, 11) is 0. The minimum absolute atomic E-state index is 0.606. The van der Waals surface area contributed by atoms with Crippen LogP contribution in [0.3, 0.4) is 0 Å². The van der Waals surface area contributed by atoms with Crippen molar-refractivity contribution in [1.29, 1.82) is 0 Å². The predicted octanol–water partition coefficient (Wildman–Crippen LogP) is 3.89. The van der Waals surface area contributed by atoms with Crippen molar-refractivity contribution < 1.29 is 14.6 Å². The average Bonchev–Trinajstić information content (AvgIpc) is 2.28. The zero-order valence-electron chi connectivity index (χ0n) is 11.0. The molecule has 0 unspecified atom stereocenters. The van der Waals surface area contributed by atoms with E-state index in [-0.39, 0.29) is 0 Å². The highest BCUT2D eigenvalue weighted by molar-refractivity contribution is 9.10. The van der Waals surface area contributed by atoms with Crippen LogP contribution in [0.25, 0.3) is 0 Å². The molecule has 0 spiro atoms. The zero-order chi connectivity index (χ0) is 13.8. The standard InChI is InChI=1S/C14H19BrO3/c1-4-18-11-6-5-10(12(15)9-11)7-8-14(2,3)13(16)17/h5-6,9H,4,7-8H2,1-3H3,(H,16,17). The fourth-order valence-electron chi connectivity index (χ4n) is 1.54. The lowest BCUT2D eigenvalue weighted by atomic mass is 9.86. The summed E-state index contributed by atoms with van der Waals surface area (Å²) >= 11 is 3.49. The second kappa shape index (κ2) is 6.23. The van der Waals surface area contributed by atoms with E-state index in [1.807, 2.05) is 25.1 Å². The summed E-state index contributed by atoms with van der Waals surface area (Å²) in [4.78, 5) is 11.0. The van der Waals surface area contributed by atoms with Crippen LogP contribution in [0.15, 0.2) is 22.7 Å². The molecule has 0 aromatic heterocycles. The van der Waals surface area contributed by atoms with E-state index in [9.17, 15) is 4.79 Å². The molecule has 3 nitrogen and oxygen atoms in total. The number of aryl methyl sites for hydroxylation is 1. The maximum Gasteiger partial charge on any atom is 0.309 e. The lowest BCUT2D eigenvalue weighted by molar-refractivity contribution is -0.147. The van der Waals surface area contributed by atoms with Crippen molar-refractivity contribution >= 4 is 21.9 Å². The number of hydrogen-bond donors (Lipinski definition) is 1. The van der Waals surface area contributed by atoms with Gasteiger partial charge < -0.3 is 9.84 Å². The van der Waals surface area contributed by atoms with Crippen LogP contribution >= 0.6 is 15.9 Å². The summed E-state index contributed by atoms with van der Waals surface area (Å²) in [5.41, 5.74) is 0.408. The average molecular weight is 315 g/mol. The van der Waals surface area contributed by atoms with Gasteiger partial charge in [0.15, 0.2) is 0 Å². The maximum atomic E-state index is 11.0. The van der Waals surface area contributed by atoms with E-state index in [0.717, 1.165) is 22.2 Å². The van der Waals surface area contributed by atoms with Crippen LogP contribution in [0.4, 0.5) is 0 Å². The zero-order valence-corrected chi connectivity index (χ0v) is 12.6. The third-order valence-electron chi connectivity index (χ3n) is 2.93. The van der Waals surface area contributed by atoms with E-state index in [4.69, 9.17) is 9.84 Å². The van der Waals surface area contributed by atoms with Crippen molar-refractivity contribution in [2.75, 3.05) is 6.61 Å². The third kappa shape index (κ3) is 4.02. The van der Waals surface area contributed by atoms with E-state index in [0.29, 0.717) is 13.0 Å². The number of halogens is 1. The molecule has 100 valence electrons. The normalized spacial score (nSPS) is 11.3. The second-order valence-electron chi connectivity index (χ2n) is 4.88. The van der Waals surface area contributed by atoms with Crippen LogP contribution < -0.4 is 4.74 Å². The lowest BCUT2D eigenvalue weighted by Gasteiger charge is -2.19. The van der Waals surface area contributed by atoms with Crippen LogP contribution in [0.2, 0.25) is 0 Å². The SMILES string of the molecule is CCOc1ccc(CCC(C)(C)C(=O)O)c(Br)c1. The summed E-state index contributed by atoms with van der Waals surface area (Å²) in [5.74, 6) is 0.0650. The fraction of sp³-hybridized carbons (Fsp3) is 0.500. The van der Waals surface area contributed by atoms with E-state index in [1.165, 1.54) is 0 Å². The van der Waals surface area contributed by atoms with E-state index < -0.39 is 11.4 Å². The first kappa shape index (κ1) is 15.0. The molecule has 0 aliphatic heterocycles. The molecular weight excluding hydrogens is 296 g/mol. The van der Waals surface area contributed by atoms with Crippen LogP contribution in [-0.4, -0.2) is 17.7 Å². The molecule has 0 atom stereocenters. The van der Waals surface area contributed by atoms with Crippen molar-refractivity contribution in [1.82, 2.24) is 0 Å². The van der Waals surface area contributed by atoms with E-state index in [1.54, 1.807) is 13.8 Å². The predicted molar refractivity (Wildman–Crippen MR) is 75.0 cm³/mol. The van der Waals surface area contributed by atoms with Gasteiger partial charge in [-0.25, -0.2) is 0 Å². The summed E-state index contributed by atoms with van der Waals surface area (Å²) in [5, 5.41) is 9.07. The van der Waals surface area contributed by atoms with Gasteiger partial charge in [-0.05, 0) is 51.3 Å². The van der Waals surface area contributed by atoms with Crippen molar-refractivity contribution in [3.8, 4) is 5.75 Å². The summed E-state index contributed by atoms with van der Waals surface area (Å²) < 4.78 is 6.37. The number of ether oxygens (including phenoxy) is 1. The molecule has 0 radical (unpaired) electrons. The monoisotopic (exact) mass is 314 g/mol. The van der Waals surface area contributed by atoms with Gasteiger partial charge in [-0.15, -0.1) is 0 Å². The van der Waals surface area contributed by atoms with Crippen LogP contribution in [-0.2, 0) is 11.2 Å². The summed E-state index contributed by atoms with van der Waals surface area (Å²) in [6.07, 6.45) is 1.33. The fourth-order valence-corrected chi connectivity index (χ4v) is 2.10. The van der Waals surface area contributed by atoms with Gasteiger partial charge in [0.05, 0.1) is 12.0 Å². The van der Waals surface area contributed by atoms with Crippen LogP contribution in [0.1, 0.15) is 32.8 Å². The molecule has 0 aliphatic rings. The molecule has 1 aromatic rings. The Morgan fingerprint density at radius 3 is 2.61 bits per heavy atom. The Morgan fingerprint density at radius 1 is 1.44 bits per heavy atom. The number of carbonyl (C=O) groups is 1. The Morgan fingerprint density at radius 2 is 2.11 bits per heavy atom. The Kier molecular flexibility index (Phi) is 5.20. The quantitative estimate of drug-likeness (QED) is 0.866. The highest BCUT2D eigenvalue weighted by Crippen LogP contribution is 2.28. The topological polar surface area (TPSA) is 46.5 Å². The molecule has 0 aliphatic carbocycles. The third-order valence-corrected chi connectivity index (χ3v) is 3.67. The van der Waals surface area contributed by atoms with Gasteiger partial charge in [0.1, 0.15) is 5.75 Å². The number of carboxylic acids is 1. The molecule has 0 heterocycles. The van der Waals surface area contributed by atoms with Gasteiger partial charge in [-0.3, -0.25) is 4.79 Å². The van der Waals surface area contributed by atoms with Gasteiger partial charge in [0.2, 0.25) is 0 Å². The lowest BCUT2D eigenvalue weighted by Crippen LogP contribution is -2.24. The first-order valence-electron chi connectivity index (χ1n) is 6.01. The van der Waals surface area contributed by atoms with Crippen LogP contribution in [0.5, 0.6) is 5.75 Å². The maximum absolute atomic E-state index is 11.0. The van der Waals surface area contributed by atoms with Gasteiger partial charge >= 0.3 is 5.97 Å². The number of carboxylic acid groups (broad SMARTS) is 1. The first-order chi connectivity index (χ1) is 8.36. The summed E-state index contributed by atoms with van der Waals surface area (Å²) in [6, 6.07) is 5.82. The van der Waals surface area contributed by atoms with E-state index >= 15 is 0 Å². The van der Waals surface area contributed by atoms with Crippen molar-refractivity contribution in [3.05, 3.63) is 28.2 Å². The van der Waals surface area contributed by atoms with Crippen molar-refractivity contribution in [2.45, 2.75) is 33.6 Å². The van der Waals surface area contributed by atoms with E-state index in [2.05, 4.69) is 15.9 Å². The molecule has 18 heavy (non-hydrogen) atoms. The highest BCUT2D eigenvalue weighted by Gasteiger charge is 2.26. The Bertz CT molecular complexity index is 427. The molecule has 0 saturated carbocycles. The minimum Gasteiger partial charge on any atom is -0.494 e. The van der Waals surface area contributed by atoms with Gasteiger partial charge in [0.25, 0.3) is 0 Å². The second-order valence-corrected chi connectivity index (χ2v) is 5.73. The van der Waals surface area contributed by atoms with Crippen molar-refractivity contribution in [3.63, 3.8) is 0 Å². The number of rotatable bonds is 6. The Labute approximate surface area is 116 Å². The molecule has 1 aromatic carbocycles. The Hall–Kier alpha value is -1.03. The Balaban J connectivity index is 2.71. The molecule has 0 amide bonds. The van der Waals surface area contributed by atoms with Crippen LogP contribution in [0, 0.1) is 5.41 Å². The minimum atomic E-state index is -0.760. The number of aliphatic carboxylic acids is 1. The molecule has 4 heteroatoms.